The number of rotatable bonds is 3. The summed E-state index contributed by atoms with van der Waals surface area (Å²) in [6, 6.07) is 4.04. The molecule has 1 unspecified atom stereocenters. The third-order valence-corrected chi connectivity index (χ3v) is 3.80. The Morgan fingerprint density at radius 3 is 2.19 bits per heavy atom. The largest absolute Gasteiger partial charge is 0.378 e. The van der Waals surface area contributed by atoms with Crippen molar-refractivity contribution in [3.05, 3.63) is 50.2 Å². The highest BCUT2D eigenvalue weighted by Crippen LogP contribution is 2.32. The van der Waals surface area contributed by atoms with Crippen LogP contribution < -0.4 is 5.73 Å². The summed E-state index contributed by atoms with van der Waals surface area (Å²) in [5.41, 5.74) is 10.7. The Morgan fingerprint density at radius 2 is 1.76 bits per heavy atom. The van der Waals surface area contributed by atoms with Crippen LogP contribution in [0.2, 0.25) is 0 Å². The second kappa shape index (κ2) is 5.20. The number of aromatic nitrogens is 2. The summed E-state index contributed by atoms with van der Waals surface area (Å²) in [7, 11) is 0. The number of nitrogens with zero attached hydrogens (tertiary/aromatic N) is 3. The van der Waals surface area contributed by atoms with Crippen LogP contribution in [0.4, 0.5) is 11.5 Å². The van der Waals surface area contributed by atoms with Gasteiger partial charge in [-0.3, -0.25) is 10.1 Å². The topological polar surface area (TPSA) is 87.0 Å². The quantitative estimate of drug-likeness (QED) is 0.694. The molecule has 0 saturated carbocycles. The smallest absolute Gasteiger partial charge is 0.333 e. The molecule has 0 saturated heterocycles. The zero-order chi connectivity index (χ0) is 15.9. The summed E-state index contributed by atoms with van der Waals surface area (Å²) < 4.78 is 1.54. The number of nitrogens with two attached hydrogens (primary N) is 1. The molecule has 2 aromatic rings. The molecule has 0 fully saturated rings. The lowest BCUT2D eigenvalue weighted by Gasteiger charge is -2.19. The Kier molecular flexibility index (Phi) is 3.72. The molecule has 112 valence electrons. The molecule has 1 heterocycles. The van der Waals surface area contributed by atoms with E-state index >= 15 is 0 Å². The predicted molar refractivity (Wildman–Crippen MR) is 82.5 cm³/mol. The molecule has 2 rings (SSSR count). The minimum absolute atomic E-state index is 0.101. The van der Waals surface area contributed by atoms with Gasteiger partial charge in [-0.2, -0.15) is 5.10 Å². The lowest BCUT2D eigenvalue weighted by molar-refractivity contribution is -0.384. The van der Waals surface area contributed by atoms with Crippen molar-refractivity contribution >= 4 is 11.5 Å². The van der Waals surface area contributed by atoms with Crippen LogP contribution in [-0.2, 0) is 0 Å². The molecular formula is C15H20N4O2. The molecule has 0 aliphatic carbocycles. The molecular weight excluding hydrogens is 268 g/mol. The van der Waals surface area contributed by atoms with Crippen molar-refractivity contribution < 1.29 is 4.92 Å². The SMILES string of the molecule is Cc1cc(C)c(C(C)n2nc(C)c([N+](=O)[O-])c2N)c(C)c1. The molecule has 0 bridgehead atoms. The normalized spacial score (nSPS) is 12.4. The molecule has 1 aromatic heterocycles. The first-order valence-electron chi connectivity index (χ1n) is 6.80. The van der Waals surface area contributed by atoms with Gasteiger partial charge in [0.15, 0.2) is 0 Å². The number of hydrogen-bond donors (Lipinski definition) is 1. The third-order valence-electron chi connectivity index (χ3n) is 3.80. The van der Waals surface area contributed by atoms with Gasteiger partial charge in [-0.05, 0) is 51.3 Å². The summed E-state index contributed by atoms with van der Waals surface area (Å²) in [6.45, 7) is 9.68. The Morgan fingerprint density at radius 1 is 1.24 bits per heavy atom. The zero-order valence-electron chi connectivity index (χ0n) is 13.0. The van der Waals surface area contributed by atoms with Gasteiger partial charge in [0.1, 0.15) is 5.69 Å². The van der Waals surface area contributed by atoms with Gasteiger partial charge in [0, 0.05) is 0 Å². The molecule has 21 heavy (non-hydrogen) atoms. The third kappa shape index (κ3) is 2.49. The molecule has 0 amide bonds. The van der Waals surface area contributed by atoms with Crippen LogP contribution in [0.5, 0.6) is 0 Å². The van der Waals surface area contributed by atoms with Crippen LogP contribution in [0.1, 0.15) is 40.9 Å². The fourth-order valence-electron chi connectivity index (χ4n) is 3.05. The van der Waals surface area contributed by atoms with E-state index in [4.69, 9.17) is 5.73 Å². The molecule has 1 aromatic carbocycles. The summed E-state index contributed by atoms with van der Waals surface area (Å²) in [6.07, 6.45) is 0. The molecule has 0 aliphatic rings. The van der Waals surface area contributed by atoms with Gasteiger partial charge in [0.2, 0.25) is 5.82 Å². The second-order valence-electron chi connectivity index (χ2n) is 5.51. The minimum Gasteiger partial charge on any atom is -0.378 e. The lowest BCUT2D eigenvalue weighted by Crippen LogP contribution is -2.14. The van der Waals surface area contributed by atoms with Crippen LogP contribution in [0.15, 0.2) is 12.1 Å². The maximum absolute atomic E-state index is 11.1. The van der Waals surface area contributed by atoms with Gasteiger partial charge >= 0.3 is 5.69 Å². The number of nitro groups is 1. The van der Waals surface area contributed by atoms with E-state index in [-0.39, 0.29) is 17.5 Å². The summed E-state index contributed by atoms with van der Waals surface area (Å²) in [5, 5.41) is 15.3. The Labute approximate surface area is 123 Å². The van der Waals surface area contributed by atoms with Gasteiger partial charge < -0.3 is 5.73 Å². The highest BCUT2D eigenvalue weighted by molar-refractivity contribution is 5.57. The van der Waals surface area contributed by atoms with Crippen molar-refractivity contribution in [3.8, 4) is 0 Å². The van der Waals surface area contributed by atoms with E-state index in [9.17, 15) is 10.1 Å². The van der Waals surface area contributed by atoms with Crippen LogP contribution in [0.25, 0.3) is 0 Å². The lowest BCUT2D eigenvalue weighted by atomic mass is 9.95. The molecule has 0 aliphatic heterocycles. The first-order valence-corrected chi connectivity index (χ1v) is 6.80. The van der Waals surface area contributed by atoms with E-state index in [0.717, 1.165) is 16.7 Å². The number of hydrogen-bond acceptors (Lipinski definition) is 4. The fraction of sp³-hybridized carbons (Fsp3) is 0.400. The molecule has 0 spiro atoms. The predicted octanol–water partition coefficient (Wildman–Crippen LogP) is 3.22. The highest BCUT2D eigenvalue weighted by atomic mass is 16.6. The number of benzene rings is 1. The van der Waals surface area contributed by atoms with Gasteiger partial charge in [-0.1, -0.05) is 17.7 Å². The molecule has 6 heteroatoms. The van der Waals surface area contributed by atoms with Crippen molar-refractivity contribution in [3.63, 3.8) is 0 Å². The van der Waals surface area contributed by atoms with E-state index in [0.29, 0.717) is 5.69 Å². The molecule has 6 nitrogen and oxygen atoms in total. The molecule has 1 atom stereocenters. The van der Waals surface area contributed by atoms with E-state index in [1.54, 1.807) is 6.92 Å². The average molecular weight is 288 g/mol. The average Bonchev–Trinajstić information content (AvgIpc) is 2.63. The first kappa shape index (κ1) is 15.0. The van der Waals surface area contributed by atoms with Crippen molar-refractivity contribution in [2.24, 2.45) is 0 Å². The summed E-state index contributed by atoms with van der Waals surface area (Å²) in [4.78, 5) is 10.6. The number of aryl methyl sites for hydroxylation is 4. The van der Waals surface area contributed by atoms with Crippen molar-refractivity contribution in [1.82, 2.24) is 9.78 Å². The maximum atomic E-state index is 11.1. The maximum Gasteiger partial charge on any atom is 0.333 e. The van der Waals surface area contributed by atoms with Crippen LogP contribution in [-0.4, -0.2) is 14.7 Å². The van der Waals surface area contributed by atoms with Gasteiger partial charge in [-0.25, -0.2) is 4.68 Å². The van der Waals surface area contributed by atoms with Gasteiger partial charge in [-0.15, -0.1) is 0 Å². The van der Waals surface area contributed by atoms with Crippen LogP contribution in [0.3, 0.4) is 0 Å². The molecule has 0 radical (unpaired) electrons. The van der Waals surface area contributed by atoms with Crippen LogP contribution >= 0.6 is 0 Å². The van der Waals surface area contributed by atoms with E-state index in [2.05, 4.69) is 17.2 Å². The van der Waals surface area contributed by atoms with Gasteiger partial charge in [0.05, 0.1) is 11.0 Å². The Balaban J connectivity index is 2.59. The number of nitrogen functional groups attached to an aromatic ring is 1. The number of anilines is 1. The zero-order valence-corrected chi connectivity index (χ0v) is 13.0. The van der Waals surface area contributed by atoms with E-state index in [1.165, 1.54) is 10.2 Å². The first-order chi connectivity index (χ1) is 9.73. The highest BCUT2D eigenvalue weighted by Gasteiger charge is 2.26. The summed E-state index contributed by atoms with van der Waals surface area (Å²) in [5.74, 6) is 0.101. The van der Waals surface area contributed by atoms with Crippen molar-refractivity contribution in [1.29, 1.82) is 0 Å². The minimum atomic E-state index is -0.476. The Bertz CT molecular complexity index is 696. The second-order valence-corrected chi connectivity index (χ2v) is 5.51. The summed E-state index contributed by atoms with van der Waals surface area (Å²) >= 11 is 0. The van der Waals surface area contributed by atoms with Gasteiger partial charge in [0.25, 0.3) is 0 Å². The standard InChI is InChI=1S/C15H20N4O2/c1-8-6-9(2)13(10(3)7-8)12(5)18-15(16)14(19(20)21)11(4)17-18/h6-7,12H,16H2,1-5H3. The van der Waals surface area contributed by atoms with E-state index < -0.39 is 4.92 Å². The van der Waals surface area contributed by atoms with E-state index in [1.807, 2.05) is 27.7 Å². The molecule has 2 N–H and O–H groups in total. The fourth-order valence-corrected chi connectivity index (χ4v) is 3.05. The van der Waals surface area contributed by atoms with Crippen LogP contribution in [0, 0.1) is 37.8 Å². The monoisotopic (exact) mass is 288 g/mol. The van der Waals surface area contributed by atoms with Crippen molar-refractivity contribution in [2.75, 3.05) is 5.73 Å². The Hall–Kier alpha value is -2.37. The van der Waals surface area contributed by atoms with Crippen molar-refractivity contribution in [2.45, 2.75) is 40.7 Å².